The standard InChI is InChI=1S/C13H13BrS.C2H6/c1-10-9-11(14)5-4-8-15-13-7-3-2-6-12(10)13;1-2/h2-7,9-10H,8H2,1H3;1-2H3/b5-4-,11-9+;. The zero-order valence-electron chi connectivity index (χ0n) is 10.6. The van der Waals surface area contributed by atoms with Gasteiger partial charge >= 0.3 is 0 Å². The van der Waals surface area contributed by atoms with Gasteiger partial charge < -0.3 is 0 Å². The molecule has 92 valence electrons. The first-order valence-corrected chi connectivity index (χ1v) is 7.81. The summed E-state index contributed by atoms with van der Waals surface area (Å²) in [7, 11) is 0. The third-order valence-corrected chi connectivity index (χ3v) is 4.00. The number of allylic oxidation sites excluding steroid dienone is 3. The van der Waals surface area contributed by atoms with Gasteiger partial charge in [-0.2, -0.15) is 0 Å². The lowest BCUT2D eigenvalue weighted by Gasteiger charge is -2.11. The van der Waals surface area contributed by atoms with Gasteiger partial charge in [-0.05, 0) is 11.6 Å². The van der Waals surface area contributed by atoms with Crippen LogP contribution in [0.25, 0.3) is 0 Å². The molecule has 1 atom stereocenters. The van der Waals surface area contributed by atoms with Crippen molar-refractivity contribution in [3.05, 3.63) is 52.5 Å². The normalized spacial score (nSPS) is 23.8. The van der Waals surface area contributed by atoms with Crippen LogP contribution in [0.1, 0.15) is 32.3 Å². The molecule has 0 aliphatic carbocycles. The van der Waals surface area contributed by atoms with Crippen LogP contribution in [-0.2, 0) is 0 Å². The Morgan fingerprint density at radius 2 is 1.94 bits per heavy atom. The molecule has 0 fully saturated rings. The molecule has 1 aromatic rings. The highest BCUT2D eigenvalue weighted by molar-refractivity contribution is 9.11. The van der Waals surface area contributed by atoms with E-state index in [9.17, 15) is 0 Å². The lowest BCUT2D eigenvalue weighted by Crippen LogP contribution is -1.92. The van der Waals surface area contributed by atoms with E-state index in [-0.39, 0.29) is 0 Å². The van der Waals surface area contributed by atoms with Gasteiger partial charge in [-0.25, -0.2) is 0 Å². The molecular formula is C15H19BrS. The summed E-state index contributed by atoms with van der Waals surface area (Å²) in [4.78, 5) is 1.40. The predicted octanol–water partition coefficient (Wildman–Crippen LogP) is 5.76. The monoisotopic (exact) mass is 310 g/mol. The quantitative estimate of drug-likeness (QED) is 0.587. The predicted molar refractivity (Wildman–Crippen MR) is 83.1 cm³/mol. The molecule has 0 spiro atoms. The first-order valence-electron chi connectivity index (χ1n) is 6.03. The maximum atomic E-state index is 3.56. The van der Waals surface area contributed by atoms with Crippen molar-refractivity contribution < 1.29 is 0 Å². The maximum Gasteiger partial charge on any atom is 0.0164 e. The molecule has 0 nitrogen and oxygen atoms in total. The van der Waals surface area contributed by atoms with Crippen LogP contribution in [0.3, 0.4) is 0 Å². The molecule has 0 N–H and O–H groups in total. The molecule has 1 aliphatic heterocycles. The Labute approximate surface area is 117 Å². The van der Waals surface area contributed by atoms with Crippen molar-refractivity contribution in [2.45, 2.75) is 31.6 Å². The summed E-state index contributed by atoms with van der Waals surface area (Å²) in [6.07, 6.45) is 6.58. The smallest absolute Gasteiger partial charge is 0.0164 e. The Hall–Kier alpha value is -0.470. The lowest BCUT2D eigenvalue weighted by atomic mass is 10.0. The molecule has 2 rings (SSSR count). The fraction of sp³-hybridized carbons (Fsp3) is 0.333. The van der Waals surface area contributed by atoms with Crippen LogP contribution < -0.4 is 0 Å². The molecule has 0 bridgehead atoms. The molecule has 1 unspecified atom stereocenters. The minimum atomic E-state index is 0.464. The number of hydrogen-bond donors (Lipinski definition) is 0. The minimum absolute atomic E-state index is 0.464. The van der Waals surface area contributed by atoms with Crippen molar-refractivity contribution in [3.63, 3.8) is 0 Å². The topological polar surface area (TPSA) is 0 Å². The molecule has 0 amide bonds. The average Bonchev–Trinajstić information content (AvgIpc) is 2.43. The molecule has 0 aromatic heterocycles. The Balaban J connectivity index is 0.000000686. The summed E-state index contributed by atoms with van der Waals surface area (Å²) >= 11 is 5.47. The van der Waals surface area contributed by atoms with Crippen molar-refractivity contribution in [1.82, 2.24) is 0 Å². The number of benzene rings is 1. The zero-order chi connectivity index (χ0) is 12.7. The SMILES string of the molecule is CC.CC1/C=C(Br)\C=C/CSc2ccccc21. The summed E-state index contributed by atoms with van der Waals surface area (Å²) in [6.45, 7) is 6.24. The number of rotatable bonds is 0. The van der Waals surface area contributed by atoms with E-state index in [1.54, 1.807) is 0 Å². The first kappa shape index (κ1) is 14.6. The summed E-state index contributed by atoms with van der Waals surface area (Å²) in [5, 5.41) is 0. The maximum absolute atomic E-state index is 3.56. The Morgan fingerprint density at radius 1 is 1.24 bits per heavy atom. The van der Waals surface area contributed by atoms with Crippen molar-refractivity contribution >= 4 is 27.7 Å². The molecule has 0 saturated carbocycles. The second-order valence-electron chi connectivity index (χ2n) is 3.59. The highest BCUT2D eigenvalue weighted by Crippen LogP contribution is 2.32. The van der Waals surface area contributed by atoms with Crippen LogP contribution in [0.15, 0.2) is 51.9 Å². The van der Waals surface area contributed by atoms with Crippen LogP contribution in [0.4, 0.5) is 0 Å². The highest BCUT2D eigenvalue weighted by Gasteiger charge is 2.09. The van der Waals surface area contributed by atoms with Crippen LogP contribution in [0.5, 0.6) is 0 Å². The van der Waals surface area contributed by atoms with Gasteiger partial charge in [0.15, 0.2) is 0 Å². The summed E-state index contributed by atoms with van der Waals surface area (Å²) < 4.78 is 1.17. The second-order valence-corrected chi connectivity index (χ2v) is 5.57. The van der Waals surface area contributed by atoms with E-state index in [0.29, 0.717) is 5.92 Å². The van der Waals surface area contributed by atoms with E-state index in [1.807, 2.05) is 25.6 Å². The largest absolute Gasteiger partial charge is 0.122 e. The highest BCUT2D eigenvalue weighted by atomic mass is 79.9. The van der Waals surface area contributed by atoms with Crippen LogP contribution >= 0.6 is 27.7 Å². The number of thioether (sulfide) groups is 1. The molecule has 0 saturated heterocycles. The third kappa shape index (κ3) is 4.36. The fourth-order valence-corrected chi connectivity index (χ4v) is 3.22. The van der Waals surface area contributed by atoms with E-state index in [1.165, 1.54) is 14.9 Å². The van der Waals surface area contributed by atoms with E-state index in [2.05, 4.69) is 65.3 Å². The van der Waals surface area contributed by atoms with E-state index < -0.39 is 0 Å². The number of fused-ring (bicyclic) bond motifs is 1. The van der Waals surface area contributed by atoms with Crippen LogP contribution in [-0.4, -0.2) is 5.75 Å². The summed E-state index contributed by atoms with van der Waals surface area (Å²) in [5.74, 6) is 1.50. The molecule has 2 heteroatoms. The Bertz CT molecular complexity index is 407. The average molecular weight is 311 g/mol. The van der Waals surface area contributed by atoms with Crippen LogP contribution in [0.2, 0.25) is 0 Å². The molecule has 1 aromatic carbocycles. The number of halogens is 1. The lowest BCUT2D eigenvalue weighted by molar-refractivity contribution is 0.934. The van der Waals surface area contributed by atoms with Crippen molar-refractivity contribution in [1.29, 1.82) is 0 Å². The zero-order valence-corrected chi connectivity index (χ0v) is 13.0. The first-order chi connectivity index (χ1) is 8.27. The molecule has 17 heavy (non-hydrogen) atoms. The van der Waals surface area contributed by atoms with Gasteiger partial charge in [0.25, 0.3) is 0 Å². The Morgan fingerprint density at radius 3 is 2.71 bits per heavy atom. The van der Waals surface area contributed by atoms with E-state index in [4.69, 9.17) is 0 Å². The summed E-state index contributed by atoms with van der Waals surface area (Å²) in [5.41, 5.74) is 1.42. The van der Waals surface area contributed by atoms with E-state index in [0.717, 1.165) is 5.75 Å². The fourth-order valence-electron chi connectivity index (χ4n) is 1.67. The molecule has 1 aliphatic rings. The van der Waals surface area contributed by atoms with Gasteiger partial charge in [0.2, 0.25) is 0 Å². The van der Waals surface area contributed by atoms with Gasteiger partial charge in [-0.15, -0.1) is 11.8 Å². The van der Waals surface area contributed by atoms with E-state index >= 15 is 0 Å². The van der Waals surface area contributed by atoms with Crippen molar-refractivity contribution in [2.75, 3.05) is 5.75 Å². The van der Waals surface area contributed by atoms with Gasteiger partial charge in [-0.3, -0.25) is 0 Å². The summed E-state index contributed by atoms with van der Waals surface area (Å²) in [6, 6.07) is 8.65. The van der Waals surface area contributed by atoms with Crippen molar-refractivity contribution in [3.8, 4) is 0 Å². The molecule has 1 heterocycles. The van der Waals surface area contributed by atoms with Gasteiger partial charge in [0, 0.05) is 21.0 Å². The van der Waals surface area contributed by atoms with Gasteiger partial charge in [0.05, 0.1) is 0 Å². The van der Waals surface area contributed by atoms with Crippen LogP contribution in [0, 0.1) is 0 Å². The second kappa shape index (κ2) is 7.78. The molecular weight excluding hydrogens is 292 g/mol. The third-order valence-electron chi connectivity index (χ3n) is 2.43. The molecule has 0 radical (unpaired) electrons. The van der Waals surface area contributed by atoms with Gasteiger partial charge in [0.1, 0.15) is 0 Å². The van der Waals surface area contributed by atoms with Crippen molar-refractivity contribution in [2.24, 2.45) is 0 Å². The van der Waals surface area contributed by atoms with Gasteiger partial charge in [-0.1, -0.05) is 73.1 Å². The number of hydrogen-bond acceptors (Lipinski definition) is 1. The minimum Gasteiger partial charge on any atom is -0.122 e. The Kier molecular flexibility index (Phi) is 6.68.